The summed E-state index contributed by atoms with van der Waals surface area (Å²) in [4.78, 5) is 11.6. The molecule has 0 fully saturated rings. The second-order valence-electron chi connectivity index (χ2n) is 3.86. The van der Waals surface area contributed by atoms with Crippen LogP contribution in [0, 0.1) is 5.92 Å². The summed E-state index contributed by atoms with van der Waals surface area (Å²) in [7, 11) is 3.43. The van der Waals surface area contributed by atoms with Crippen molar-refractivity contribution < 1.29 is 9.53 Å². The first-order chi connectivity index (χ1) is 7.11. The Morgan fingerprint density at radius 2 is 2.40 bits per heavy atom. The number of aromatic nitrogens is 3. The molecule has 84 valence electrons. The molecule has 0 saturated carbocycles. The minimum Gasteiger partial charge on any atom is -0.384 e. The topological polar surface area (TPSA) is 57.0 Å². The average Bonchev–Trinajstić information content (AvgIpc) is 2.51. The quantitative estimate of drug-likeness (QED) is 0.691. The Labute approximate surface area is 89.4 Å². The van der Waals surface area contributed by atoms with E-state index < -0.39 is 0 Å². The monoisotopic (exact) mass is 211 g/mol. The first kappa shape index (κ1) is 11.8. The third-order valence-electron chi connectivity index (χ3n) is 2.06. The van der Waals surface area contributed by atoms with Crippen molar-refractivity contribution in [2.24, 2.45) is 13.0 Å². The van der Waals surface area contributed by atoms with Crippen molar-refractivity contribution in [3.05, 3.63) is 11.9 Å². The van der Waals surface area contributed by atoms with Crippen LogP contribution < -0.4 is 0 Å². The van der Waals surface area contributed by atoms with Crippen molar-refractivity contribution in [1.82, 2.24) is 15.0 Å². The molecule has 1 aromatic rings. The largest absolute Gasteiger partial charge is 0.384 e. The lowest BCUT2D eigenvalue weighted by Crippen LogP contribution is -2.12. The Balaban J connectivity index is 2.36. The molecule has 0 amide bonds. The van der Waals surface area contributed by atoms with Gasteiger partial charge >= 0.3 is 0 Å². The van der Waals surface area contributed by atoms with Crippen LogP contribution in [0.4, 0.5) is 0 Å². The summed E-state index contributed by atoms with van der Waals surface area (Å²) in [5.74, 6) is 0.444. The van der Waals surface area contributed by atoms with Crippen LogP contribution in [0.5, 0.6) is 0 Å². The van der Waals surface area contributed by atoms with E-state index in [1.54, 1.807) is 25.0 Å². The van der Waals surface area contributed by atoms with E-state index >= 15 is 0 Å². The lowest BCUT2D eigenvalue weighted by atomic mass is 10.0. The van der Waals surface area contributed by atoms with Crippen LogP contribution in [0.2, 0.25) is 0 Å². The van der Waals surface area contributed by atoms with E-state index in [1.165, 1.54) is 0 Å². The minimum atomic E-state index is 0.181. The molecule has 5 heteroatoms. The molecule has 15 heavy (non-hydrogen) atoms. The predicted octanol–water partition coefficient (Wildman–Crippen LogP) is 0.599. The van der Waals surface area contributed by atoms with Crippen molar-refractivity contribution >= 4 is 5.78 Å². The summed E-state index contributed by atoms with van der Waals surface area (Å²) in [5.41, 5.74) is 0.729. The lowest BCUT2D eigenvalue weighted by Gasteiger charge is -2.07. The van der Waals surface area contributed by atoms with Gasteiger partial charge in [0.05, 0.1) is 12.1 Å². The number of ether oxygens (including phenoxy) is 1. The highest BCUT2D eigenvalue weighted by Crippen LogP contribution is 2.05. The maximum absolute atomic E-state index is 11.6. The van der Waals surface area contributed by atoms with Crippen molar-refractivity contribution in [2.45, 2.75) is 19.8 Å². The highest BCUT2D eigenvalue weighted by Gasteiger charge is 2.11. The molecule has 0 saturated heterocycles. The maximum Gasteiger partial charge on any atom is 0.139 e. The average molecular weight is 211 g/mol. The molecule has 0 spiro atoms. The van der Waals surface area contributed by atoms with Crippen LogP contribution in [0.1, 0.15) is 19.0 Å². The molecular weight excluding hydrogens is 194 g/mol. The van der Waals surface area contributed by atoms with E-state index in [2.05, 4.69) is 10.3 Å². The number of methoxy groups -OCH3 is 1. The first-order valence-electron chi connectivity index (χ1n) is 4.97. The highest BCUT2D eigenvalue weighted by atomic mass is 16.5. The number of hydrogen-bond donors (Lipinski definition) is 0. The van der Waals surface area contributed by atoms with E-state index in [0.29, 0.717) is 19.4 Å². The molecule has 0 radical (unpaired) electrons. The second kappa shape index (κ2) is 5.60. The maximum atomic E-state index is 11.6. The number of nitrogens with zero attached hydrogens (tertiary/aromatic N) is 3. The molecule has 0 aliphatic rings. The summed E-state index contributed by atoms with van der Waals surface area (Å²) in [6.07, 6.45) is 2.66. The zero-order chi connectivity index (χ0) is 11.3. The Hall–Kier alpha value is -1.23. The van der Waals surface area contributed by atoms with Crippen LogP contribution in [0.25, 0.3) is 0 Å². The smallest absolute Gasteiger partial charge is 0.139 e. The normalized spacial score (nSPS) is 12.7. The van der Waals surface area contributed by atoms with Gasteiger partial charge in [-0.2, -0.15) is 0 Å². The van der Waals surface area contributed by atoms with E-state index in [-0.39, 0.29) is 11.7 Å². The lowest BCUT2D eigenvalue weighted by molar-refractivity contribution is -0.119. The van der Waals surface area contributed by atoms with Gasteiger partial charge in [0.15, 0.2) is 0 Å². The van der Waals surface area contributed by atoms with Gasteiger partial charge in [0.25, 0.3) is 0 Å². The van der Waals surface area contributed by atoms with Crippen LogP contribution in [-0.4, -0.2) is 34.5 Å². The number of hydrogen-bond acceptors (Lipinski definition) is 4. The molecule has 0 aromatic carbocycles. The SMILES string of the molecule is COCC(C)CC(=O)Cc1cn(C)nn1. The van der Waals surface area contributed by atoms with Crippen molar-refractivity contribution in [1.29, 1.82) is 0 Å². The molecule has 0 N–H and O–H groups in total. The van der Waals surface area contributed by atoms with E-state index in [9.17, 15) is 4.79 Å². The first-order valence-corrected chi connectivity index (χ1v) is 4.97. The predicted molar refractivity (Wildman–Crippen MR) is 55.4 cm³/mol. The van der Waals surface area contributed by atoms with Gasteiger partial charge in [-0.05, 0) is 5.92 Å². The molecule has 1 atom stereocenters. The number of rotatable bonds is 6. The third-order valence-corrected chi connectivity index (χ3v) is 2.06. The molecule has 1 aromatic heterocycles. The van der Waals surface area contributed by atoms with Crippen molar-refractivity contribution in [2.75, 3.05) is 13.7 Å². The van der Waals surface area contributed by atoms with Crippen LogP contribution in [-0.2, 0) is 23.0 Å². The fourth-order valence-corrected chi connectivity index (χ4v) is 1.48. The van der Waals surface area contributed by atoms with E-state index in [0.717, 1.165) is 5.69 Å². The van der Waals surface area contributed by atoms with Gasteiger partial charge in [0, 0.05) is 33.4 Å². The van der Waals surface area contributed by atoms with Crippen molar-refractivity contribution in [3.8, 4) is 0 Å². The second-order valence-corrected chi connectivity index (χ2v) is 3.86. The number of Topliss-reactive ketones (excluding diaryl/α,β-unsaturated/α-hetero) is 1. The van der Waals surface area contributed by atoms with Gasteiger partial charge in [-0.15, -0.1) is 5.10 Å². The highest BCUT2D eigenvalue weighted by molar-refractivity contribution is 5.80. The number of carbonyl (C=O) groups is 1. The molecule has 1 heterocycles. The number of carbonyl (C=O) groups excluding carboxylic acids is 1. The Morgan fingerprint density at radius 1 is 1.67 bits per heavy atom. The number of aryl methyl sites for hydroxylation is 1. The molecular formula is C10H17N3O2. The standard InChI is InChI=1S/C10H17N3O2/c1-8(7-15-3)4-10(14)5-9-6-13(2)12-11-9/h6,8H,4-5,7H2,1-3H3. The van der Waals surface area contributed by atoms with Crippen LogP contribution >= 0.6 is 0 Å². The van der Waals surface area contributed by atoms with Gasteiger partial charge < -0.3 is 4.74 Å². The summed E-state index contributed by atoms with van der Waals surface area (Å²) in [5, 5.41) is 7.64. The number of ketones is 1. The Kier molecular flexibility index (Phi) is 4.42. The Morgan fingerprint density at radius 3 is 2.93 bits per heavy atom. The summed E-state index contributed by atoms with van der Waals surface area (Å²) < 4.78 is 6.57. The molecule has 5 nitrogen and oxygen atoms in total. The van der Waals surface area contributed by atoms with Gasteiger partial charge in [0.2, 0.25) is 0 Å². The van der Waals surface area contributed by atoms with Gasteiger partial charge in [-0.3, -0.25) is 9.48 Å². The zero-order valence-corrected chi connectivity index (χ0v) is 9.43. The zero-order valence-electron chi connectivity index (χ0n) is 9.43. The van der Waals surface area contributed by atoms with E-state index in [4.69, 9.17) is 4.74 Å². The van der Waals surface area contributed by atoms with Gasteiger partial charge in [-0.25, -0.2) is 0 Å². The van der Waals surface area contributed by atoms with Gasteiger partial charge in [0.1, 0.15) is 5.78 Å². The van der Waals surface area contributed by atoms with E-state index in [1.807, 2.05) is 6.92 Å². The van der Waals surface area contributed by atoms with Gasteiger partial charge in [-0.1, -0.05) is 12.1 Å². The fourth-order valence-electron chi connectivity index (χ4n) is 1.48. The summed E-state index contributed by atoms with van der Waals surface area (Å²) in [6.45, 7) is 2.62. The molecule has 0 aliphatic heterocycles. The summed E-state index contributed by atoms with van der Waals surface area (Å²) >= 11 is 0. The Bertz CT molecular complexity index is 322. The summed E-state index contributed by atoms with van der Waals surface area (Å²) in [6, 6.07) is 0. The molecule has 1 unspecified atom stereocenters. The third kappa shape index (κ3) is 4.20. The molecule has 1 rings (SSSR count). The van der Waals surface area contributed by atoms with Crippen LogP contribution in [0.15, 0.2) is 6.20 Å². The fraction of sp³-hybridized carbons (Fsp3) is 0.700. The molecule has 0 bridgehead atoms. The van der Waals surface area contributed by atoms with Crippen LogP contribution in [0.3, 0.4) is 0 Å². The molecule has 0 aliphatic carbocycles. The van der Waals surface area contributed by atoms with Crippen molar-refractivity contribution in [3.63, 3.8) is 0 Å². The minimum absolute atomic E-state index is 0.181.